The van der Waals surface area contributed by atoms with E-state index in [9.17, 15) is 22.4 Å². The summed E-state index contributed by atoms with van der Waals surface area (Å²) >= 11 is 0. The average Bonchev–Trinajstić information content (AvgIpc) is 3.04. The molecule has 10 heteroatoms. The molecule has 2 aromatic carbocycles. The molecule has 3 aromatic rings. The molecule has 0 aliphatic heterocycles. The minimum absolute atomic E-state index is 0.0120. The molecule has 0 aliphatic rings. The summed E-state index contributed by atoms with van der Waals surface area (Å²) in [5.74, 6) is -1.09. The van der Waals surface area contributed by atoms with Crippen molar-refractivity contribution in [3.63, 3.8) is 0 Å². The minimum atomic E-state index is -4.91. The fourth-order valence-corrected chi connectivity index (χ4v) is 2.44. The van der Waals surface area contributed by atoms with Crippen molar-refractivity contribution < 1.29 is 26.8 Å². The van der Waals surface area contributed by atoms with Crippen LogP contribution in [-0.2, 0) is 6.18 Å². The number of nitrogens with one attached hydrogen (secondary N) is 1. The molecule has 27 heavy (non-hydrogen) atoms. The van der Waals surface area contributed by atoms with Gasteiger partial charge in [-0.2, -0.15) is 18.2 Å². The summed E-state index contributed by atoms with van der Waals surface area (Å²) in [6.07, 6.45) is -4.91. The number of carbonyl (C=O) groups is 1. The second-order valence-corrected chi connectivity index (χ2v) is 5.48. The maximum atomic E-state index is 13.4. The lowest BCUT2D eigenvalue weighted by molar-refractivity contribution is -0.137. The quantitative estimate of drug-likeness (QED) is 0.673. The van der Waals surface area contributed by atoms with E-state index < -0.39 is 29.3 Å². The van der Waals surface area contributed by atoms with Crippen LogP contribution in [-0.4, -0.2) is 24.1 Å². The van der Waals surface area contributed by atoms with Crippen LogP contribution >= 0.6 is 0 Å². The first-order valence-electron chi connectivity index (χ1n) is 7.81. The number of fused-ring (bicyclic) bond motifs is 1. The molecule has 0 aliphatic carbocycles. The van der Waals surface area contributed by atoms with Crippen molar-refractivity contribution in [1.29, 1.82) is 0 Å². The van der Waals surface area contributed by atoms with Crippen molar-refractivity contribution in [3.8, 4) is 0 Å². The number of alkyl halides is 3. The smallest absolute Gasteiger partial charge is 0.418 e. The van der Waals surface area contributed by atoms with Gasteiger partial charge in [-0.05, 0) is 30.3 Å². The van der Waals surface area contributed by atoms with Gasteiger partial charge in [0, 0.05) is 13.1 Å². The number of rotatable bonds is 4. The van der Waals surface area contributed by atoms with Gasteiger partial charge in [-0.15, -0.1) is 0 Å². The molecule has 1 heterocycles. The predicted octanol–water partition coefficient (Wildman–Crippen LogP) is 3.79. The van der Waals surface area contributed by atoms with E-state index in [0.717, 1.165) is 12.1 Å². The second kappa shape index (κ2) is 7.23. The molecular weight excluding hydrogens is 368 g/mol. The van der Waals surface area contributed by atoms with Crippen molar-refractivity contribution in [3.05, 3.63) is 53.8 Å². The van der Waals surface area contributed by atoms with Crippen molar-refractivity contribution >= 4 is 28.8 Å². The Kier molecular flexibility index (Phi) is 5.00. The molecule has 0 radical (unpaired) electrons. The van der Waals surface area contributed by atoms with Crippen LogP contribution in [0.1, 0.15) is 5.56 Å². The summed E-state index contributed by atoms with van der Waals surface area (Å²) < 4.78 is 59.2. The monoisotopic (exact) mass is 382 g/mol. The van der Waals surface area contributed by atoms with Gasteiger partial charge < -0.3 is 15.5 Å². The van der Waals surface area contributed by atoms with Gasteiger partial charge in [0.25, 0.3) is 0 Å². The molecule has 142 valence electrons. The van der Waals surface area contributed by atoms with E-state index in [1.54, 1.807) is 24.3 Å². The summed E-state index contributed by atoms with van der Waals surface area (Å²) in [4.78, 5) is 17.2. The lowest BCUT2D eigenvalue weighted by atomic mass is 10.1. The number of oxazole rings is 1. The zero-order chi connectivity index (χ0) is 19.6. The Labute approximate surface area is 150 Å². The molecular formula is C17H14F4N4O2. The molecule has 3 rings (SSSR count). The number of anilines is 2. The summed E-state index contributed by atoms with van der Waals surface area (Å²) in [5, 5.41) is 2.37. The Balaban J connectivity index is 2.17. The molecule has 6 nitrogen and oxygen atoms in total. The van der Waals surface area contributed by atoms with Gasteiger partial charge in [0.1, 0.15) is 11.3 Å². The number of para-hydroxylation sites is 2. The van der Waals surface area contributed by atoms with Crippen molar-refractivity contribution in [2.45, 2.75) is 6.18 Å². The fraction of sp³-hybridized carbons (Fsp3) is 0.176. The minimum Gasteiger partial charge on any atom is -0.423 e. The van der Waals surface area contributed by atoms with Gasteiger partial charge in [0.15, 0.2) is 5.58 Å². The van der Waals surface area contributed by atoms with Crippen LogP contribution in [0.4, 0.5) is 34.1 Å². The zero-order valence-electron chi connectivity index (χ0n) is 13.8. The number of benzene rings is 2. The van der Waals surface area contributed by atoms with Crippen LogP contribution in [0.3, 0.4) is 0 Å². The summed E-state index contributed by atoms with van der Waals surface area (Å²) in [6.45, 7) is 0.0841. The third-order valence-corrected chi connectivity index (χ3v) is 3.60. The number of hydrogen-bond acceptors (Lipinski definition) is 4. The topological polar surface area (TPSA) is 84.4 Å². The number of aromatic nitrogens is 1. The molecule has 2 amide bonds. The first-order chi connectivity index (χ1) is 12.8. The lowest BCUT2D eigenvalue weighted by Gasteiger charge is -2.23. The van der Waals surface area contributed by atoms with Crippen LogP contribution in [0.2, 0.25) is 0 Å². The molecule has 0 unspecified atom stereocenters. The Hall–Kier alpha value is -3.14. The van der Waals surface area contributed by atoms with Gasteiger partial charge in [0.2, 0.25) is 0 Å². The number of amides is 2. The third kappa shape index (κ3) is 3.85. The second-order valence-electron chi connectivity index (χ2n) is 5.48. The Morgan fingerprint density at radius 1 is 1.22 bits per heavy atom. The molecule has 0 atom stereocenters. The summed E-state index contributed by atoms with van der Waals surface area (Å²) in [7, 11) is 0. The molecule has 0 saturated carbocycles. The summed E-state index contributed by atoms with van der Waals surface area (Å²) in [6, 6.07) is 7.08. The first kappa shape index (κ1) is 18.6. The molecule has 0 spiro atoms. The Morgan fingerprint density at radius 3 is 2.63 bits per heavy atom. The highest BCUT2D eigenvalue weighted by Gasteiger charge is 2.38. The van der Waals surface area contributed by atoms with E-state index in [0.29, 0.717) is 16.5 Å². The van der Waals surface area contributed by atoms with Gasteiger partial charge >= 0.3 is 18.2 Å². The highest BCUT2D eigenvalue weighted by atomic mass is 19.4. The van der Waals surface area contributed by atoms with Crippen LogP contribution in [0.15, 0.2) is 46.9 Å². The van der Waals surface area contributed by atoms with E-state index in [-0.39, 0.29) is 24.7 Å². The number of nitrogens with zero attached hydrogens (tertiary/aromatic N) is 2. The number of nitrogens with two attached hydrogens (primary N) is 1. The maximum Gasteiger partial charge on any atom is 0.418 e. The van der Waals surface area contributed by atoms with Crippen LogP contribution in [0.25, 0.3) is 11.1 Å². The fourth-order valence-electron chi connectivity index (χ4n) is 2.44. The highest BCUT2D eigenvalue weighted by Crippen LogP contribution is 2.40. The molecule has 1 aromatic heterocycles. The average molecular weight is 382 g/mol. The Bertz CT molecular complexity index is 938. The maximum absolute atomic E-state index is 13.4. The SMILES string of the molecule is NCCNC(=O)N(c1nc2ccccc2o1)c1ccc(F)cc1C(F)(F)F. The normalized spacial score (nSPS) is 11.6. The molecule has 3 N–H and O–H groups in total. The van der Waals surface area contributed by atoms with Crippen molar-refractivity contribution in [1.82, 2.24) is 10.3 Å². The van der Waals surface area contributed by atoms with Gasteiger partial charge in [0.05, 0.1) is 11.3 Å². The highest BCUT2D eigenvalue weighted by molar-refractivity contribution is 5.99. The number of carbonyl (C=O) groups excluding carboxylic acids is 1. The largest absolute Gasteiger partial charge is 0.423 e. The van der Waals surface area contributed by atoms with Gasteiger partial charge in [-0.3, -0.25) is 0 Å². The number of halogens is 4. The third-order valence-electron chi connectivity index (χ3n) is 3.60. The van der Waals surface area contributed by atoms with E-state index in [4.69, 9.17) is 10.2 Å². The first-order valence-corrected chi connectivity index (χ1v) is 7.81. The van der Waals surface area contributed by atoms with E-state index >= 15 is 0 Å². The standard InChI is InChI=1S/C17H14F4N4O2/c18-10-5-6-13(11(9-10)17(19,20)21)25(15(26)23-8-7-22)16-24-12-3-1-2-4-14(12)27-16/h1-6,9H,7-8,22H2,(H,23,26). The van der Waals surface area contributed by atoms with Crippen LogP contribution in [0.5, 0.6) is 0 Å². The molecule has 0 fully saturated rings. The number of hydrogen-bond donors (Lipinski definition) is 2. The van der Waals surface area contributed by atoms with E-state index in [2.05, 4.69) is 10.3 Å². The van der Waals surface area contributed by atoms with E-state index in [1.165, 1.54) is 0 Å². The van der Waals surface area contributed by atoms with E-state index in [1.807, 2.05) is 0 Å². The van der Waals surface area contributed by atoms with Gasteiger partial charge in [-0.25, -0.2) is 14.1 Å². The van der Waals surface area contributed by atoms with Crippen LogP contribution in [0, 0.1) is 5.82 Å². The van der Waals surface area contributed by atoms with Crippen LogP contribution < -0.4 is 16.0 Å². The number of urea groups is 1. The predicted molar refractivity (Wildman–Crippen MR) is 90.0 cm³/mol. The lowest BCUT2D eigenvalue weighted by Crippen LogP contribution is -2.40. The Morgan fingerprint density at radius 2 is 1.96 bits per heavy atom. The molecule has 0 bridgehead atoms. The van der Waals surface area contributed by atoms with Crippen molar-refractivity contribution in [2.75, 3.05) is 18.0 Å². The molecule has 0 saturated heterocycles. The zero-order valence-corrected chi connectivity index (χ0v) is 13.8. The summed E-state index contributed by atoms with van der Waals surface area (Å²) in [5.41, 5.74) is 4.00. The van der Waals surface area contributed by atoms with Gasteiger partial charge in [-0.1, -0.05) is 12.1 Å². The van der Waals surface area contributed by atoms with Crippen molar-refractivity contribution in [2.24, 2.45) is 5.73 Å².